The largest absolute Gasteiger partial charge is 0.369 e. The maximum atomic E-state index is 11.1. The first-order valence-electron chi connectivity index (χ1n) is 6.62. The highest BCUT2D eigenvalue weighted by Gasteiger charge is 2.37. The minimum absolute atomic E-state index is 0.0708. The Kier molecular flexibility index (Phi) is 4.95. The molecule has 1 saturated carbocycles. The minimum Gasteiger partial charge on any atom is -0.369 e. The molecule has 0 spiro atoms. The smallest absolute Gasteiger partial charge is 0.221 e. The summed E-state index contributed by atoms with van der Waals surface area (Å²) in [7, 11) is 2.07. The van der Waals surface area contributed by atoms with Crippen molar-refractivity contribution >= 4 is 5.91 Å². The molecule has 1 aliphatic rings. The molecule has 100 valence electrons. The van der Waals surface area contributed by atoms with Gasteiger partial charge in [0.1, 0.15) is 0 Å². The monoisotopic (exact) mass is 241 g/mol. The third-order valence-corrected chi connectivity index (χ3v) is 4.29. The van der Waals surface area contributed by atoms with Gasteiger partial charge in [-0.3, -0.25) is 9.69 Å². The lowest BCUT2D eigenvalue weighted by Gasteiger charge is -2.46. The van der Waals surface area contributed by atoms with Crippen molar-refractivity contribution in [1.82, 2.24) is 4.90 Å². The van der Waals surface area contributed by atoms with E-state index in [2.05, 4.69) is 18.9 Å². The van der Waals surface area contributed by atoms with Crippen LogP contribution in [0.1, 0.15) is 39.5 Å². The third-order valence-electron chi connectivity index (χ3n) is 4.29. The number of carbonyl (C=O) groups is 1. The normalized spacial score (nSPS) is 31.5. The number of carbonyl (C=O) groups excluding carboxylic acids is 1. The number of rotatable bonds is 5. The van der Waals surface area contributed by atoms with E-state index in [0.717, 1.165) is 18.8 Å². The summed E-state index contributed by atoms with van der Waals surface area (Å²) in [6.07, 6.45) is 4.79. The summed E-state index contributed by atoms with van der Waals surface area (Å²) in [6, 6.07) is 0. The second-order valence-corrected chi connectivity index (χ2v) is 5.81. The van der Waals surface area contributed by atoms with Gasteiger partial charge in [0.25, 0.3) is 0 Å². The van der Waals surface area contributed by atoms with Crippen LogP contribution in [0.25, 0.3) is 0 Å². The van der Waals surface area contributed by atoms with Crippen LogP contribution in [0, 0.1) is 11.8 Å². The highest BCUT2D eigenvalue weighted by molar-refractivity contribution is 5.76. The maximum Gasteiger partial charge on any atom is 0.221 e. The van der Waals surface area contributed by atoms with E-state index in [4.69, 9.17) is 11.5 Å². The summed E-state index contributed by atoms with van der Waals surface area (Å²) < 4.78 is 0. The Balaban J connectivity index is 2.68. The number of likely N-dealkylation sites (N-methyl/N-ethyl adjacent to an activating group) is 1. The van der Waals surface area contributed by atoms with Crippen molar-refractivity contribution in [2.24, 2.45) is 23.3 Å². The highest BCUT2D eigenvalue weighted by Crippen LogP contribution is 2.35. The summed E-state index contributed by atoms with van der Waals surface area (Å²) >= 11 is 0. The molecule has 0 heterocycles. The Bertz CT molecular complexity index is 269. The zero-order valence-electron chi connectivity index (χ0n) is 11.4. The average molecular weight is 241 g/mol. The Morgan fingerprint density at radius 3 is 2.71 bits per heavy atom. The van der Waals surface area contributed by atoms with E-state index in [0.29, 0.717) is 13.1 Å². The van der Waals surface area contributed by atoms with Crippen molar-refractivity contribution in [1.29, 1.82) is 0 Å². The molecule has 0 radical (unpaired) electrons. The molecular formula is C13H27N3O. The fraction of sp³-hybridized carbons (Fsp3) is 0.923. The van der Waals surface area contributed by atoms with E-state index in [1.54, 1.807) is 0 Å². The SMILES string of the molecule is CC1CCCC(CN)(N(C)CC(C)C(N)=O)C1. The highest BCUT2D eigenvalue weighted by atomic mass is 16.1. The fourth-order valence-electron chi connectivity index (χ4n) is 3.01. The van der Waals surface area contributed by atoms with Crippen LogP contribution in [0.5, 0.6) is 0 Å². The lowest BCUT2D eigenvalue weighted by atomic mass is 9.75. The first-order valence-corrected chi connectivity index (χ1v) is 6.62. The van der Waals surface area contributed by atoms with Crippen molar-refractivity contribution in [2.75, 3.05) is 20.1 Å². The van der Waals surface area contributed by atoms with Crippen LogP contribution in [0.4, 0.5) is 0 Å². The lowest BCUT2D eigenvalue weighted by molar-refractivity contribution is -0.122. The molecule has 17 heavy (non-hydrogen) atoms. The molecule has 4 heteroatoms. The molecule has 1 rings (SSSR count). The van der Waals surface area contributed by atoms with Gasteiger partial charge in [0, 0.05) is 24.5 Å². The Morgan fingerprint density at radius 2 is 2.24 bits per heavy atom. The molecular weight excluding hydrogens is 214 g/mol. The predicted octanol–water partition coefficient (Wildman–Crippen LogP) is 0.947. The number of hydrogen-bond donors (Lipinski definition) is 2. The van der Waals surface area contributed by atoms with Crippen molar-refractivity contribution < 1.29 is 4.79 Å². The van der Waals surface area contributed by atoms with Gasteiger partial charge in [0.2, 0.25) is 5.91 Å². The second-order valence-electron chi connectivity index (χ2n) is 5.81. The molecule has 3 atom stereocenters. The van der Waals surface area contributed by atoms with Gasteiger partial charge < -0.3 is 11.5 Å². The predicted molar refractivity (Wildman–Crippen MR) is 70.4 cm³/mol. The third kappa shape index (κ3) is 3.42. The van der Waals surface area contributed by atoms with Crippen molar-refractivity contribution in [3.63, 3.8) is 0 Å². The molecule has 1 fully saturated rings. The van der Waals surface area contributed by atoms with Crippen LogP contribution in [-0.2, 0) is 4.79 Å². The van der Waals surface area contributed by atoms with Gasteiger partial charge in [0.05, 0.1) is 0 Å². The summed E-state index contributed by atoms with van der Waals surface area (Å²) in [5, 5.41) is 0. The van der Waals surface area contributed by atoms with Gasteiger partial charge in [-0.25, -0.2) is 0 Å². The van der Waals surface area contributed by atoms with Crippen LogP contribution < -0.4 is 11.5 Å². The van der Waals surface area contributed by atoms with Gasteiger partial charge in [-0.1, -0.05) is 26.7 Å². The molecule has 0 aromatic heterocycles. The summed E-state index contributed by atoms with van der Waals surface area (Å²) in [5.41, 5.74) is 11.4. The van der Waals surface area contributed by atoms with E-state index >= 15 is 0 Å². The van der Waals surface area contributed by atoms with Gasteiger partial charge in [-0.05, 0) is 25.8 Å². The second kappa shape index (κ2) is 5.83. The summed E-state index contributed by atoms with van der Waals surface area (Å²) in [4.78, 5) is 13.4. The van der Waals surface area contributed by atoms with E-state index in [9.17, 15) is 4.79 Å². The maximum absolute atomic E-state index is 11.1. The van der Waals surface area contributed by atoms with Crippen molar-refractivity contribution in [2.45, 2.75) is 45.1 Å². The van der Waals surface area contributed by atoms with Gasteiger partial charge in [-0.2, -0.15) is 0 Å². The molecule has 3 unspecified atom stereocenters. The standard InChI is InChI=1S/C13H27N3O/c1-10-5-4-6-13(7-10,9-14)16(3)8-11(2)12(15)17/h10-11H,4-9,14H2,1-3H3,(H2,15,17). The number of nitrogens with zero attached hydrogens (tertiary/aromatic N) is 1. The van der Waals surface area contributed by atoms with E-state index in [1.165, 1.54) is 12.8 Å². The van der Waals surface area contributed by atoms with Crippen LogP contribution in [0.15, 0.2) is 0 Å². The van der Waals surface area contributed by atoms with E-state index < -0.39 is 0 Å². The summed E-state index contributed by atoms with van der Waals surface area (Å²) in [6.45, 7) is 5.54. The quantitative estimate of drug-likeness (QED) is 0.752. The summed E-state index contributed by atoms with van der Waals surface area (Å²) in [5.74, 6) is 0.382. The first-order chi connectivity index (χ1) is 7.91. The van der Waals surface area contributed by atoms with Crippen LogP contribution in [-0.4, -0.2) is 36.5 Å². The van der Waals surface area contributed by atoms with E-state index in [1.807, 2.05) is 6.92 Å². The Hall–Kier alpha value is -0.610. The van der Waals surface area contributed by atoms with Crippen LogP contribution in [0.3, 0.4) is 0 Å². The zero-order chi connectivity index (χ0) is 13.1. The molecule has 4 nitrogen and oxygen atoms in total. The van der Waals surface area contributed by atoms with Gasteiger partial charge in [0.15, 0.2) is 0 Å². The first kappa shape index (κ1) is 14.5. The fourth-order valence-corrected chi connectivity index (χ4v) is 3.01. The molecule has 4 N–H and O–H groups in total. The molecule has 1 amide bonds. The lowest BCUT2D eigenvalue weighted by Crippen LogP contribution is -2.56. The van der Waals surface area contributed by atoms with Gasteiger partial charge in [-0.15, -0.1) is 0 Å². The van der Waals surface area contributed by atoms with Crippen LogP contribution >= 0.6 is 0 Å². The topological polar surface area (TPSA) is 72.3 Å². The van der Waals surface area contributed by atoms with Crippen molar-refractivity contribution in [3.8, 4) is 0 Å². The number of primary amides is 1. The molecule has 0 aliphatic heterocycles. The van der Waals surface area contributed by atoms with Gasteiger partial charge >= 0.3 is 0 Å². The molecule has 1 aliphatic carbocycles. The average Bonchev–Trinajstić information content (AvgIpc) is 2.28. The molecule has 0 bridgehead atoms. The minimum atomic E-state index is -0.229. The van der Waals surface area contributed by atoms with Crippen molar-refractivity contribution in [3.05, 3.63) is 0 Å². The molecule has 0 aromatic rings. The molecule has 0 aromatic carbocycles. The number of hydrogen-bond acceptors (Lipinski definition) is 3. The Labute approximate surface area is 105 Å². The zero-order valence-corrected chi connectivity index (χ0v) is 11.4. The Morgan fingerprint density at radius 1 is 1.59 bits per heavy atom. The van der Waals surface area contributed by atoms with Crippen LogP contribution in [0.2, 0.25) is 0 Å². The van der Waals surface area contributed by atoms with E-state index in [-0.39, 0.29) is 17.4 Å². The number of amides is 1. The molecule has 0 saturated heterocycles. The number of nitrogens with two attached hydrogens (primary N) is 2.